The van der Waals surface area contributed by atoms with Crippen LogP contribution in [0.3, 0.4) is 0 Å². The number of piperazine rings is 1. The fourth-order valence-electron chi connectivity index (χ4n) is 6.71. The lowest BCUT2D eigenvalue weighted by molar-refractivity contribution is 0.109. The molecule has 0 unspecified atom stereocenters. The molecule has 3 atom stereocenters. The number of hydrogen-bond acceptors (Lipinski definition) is 9. The molecule has 0 saturated carbocycles. The highest BCUT2D eigenvalue weighted by Crippen LogP contribution is 2.46. The molecule has 3 N–H and O–H groups in total. The van der Waals surface area contributed by atoms with Crippen molar-refractivity contribution in [3.63, 3.8) is 0 Å². The predicted molar refractivity (Wildman–Crippen MR) is 171 cm³/mol. The Morgan fingerprint density at radius 2 is 2.09 bits per heavy atom. The third-order valence-corrected chi connectivity index (χ3v) is 10.2. The SMILES string of the molecule is [2H]C([2H])([2H])N1CC/C(=C\F)[C@](C)(C([2H])([2H])Oc2nc(N3C[C@H]4CC[C@@H](C3)N4)c3cc(Cl)c(-c4c(F)ccc5sc(N)c(C#N)c45)c(F)c3n2)C1. The maximum Gasteiger partial charge on any atom is 0.319 e. The fourth-order valence-corrected chi connectivity index (χ4v) is 7.93. The number of nitrogens with zero attached hydrogens (tertiary/aromatic N) is 5. The highest BCUT2D eigenvalue weighted by atomic mass is 35.5. The van der Waals surface area contributed by atoms with Gasteiger partial charge in [0.15, 0.2) is 5.82 Å². The minimum Gasteiger partial charge on any atom is -0.462 e. The number of benzene rings is 2. The zero-order chi connectivity index (χ0) is 35.9. The van der Waals surface area contributed by atoms with Crippen molar-refractivity contribution in [1.82, 2.24) is 20.2 Å². The molecule has 0 radical (unpaired) electrons. The smallest absolute Gasteiger partial charge is 0.319 e. The first-order chi connectivity index (χ1) is 23.6. The van der Waals surface area contributed by atoms with Gasteiger partial charge >= 0.3 is 6.01 Å². The summed E-state index contributed by atoms with van der Waals surface area (Å²) in [7, 11) is 0. The van der Waals surface area contributed by atoms with E-state index in [1.807, 2.05) is 11.0 Å². The summed E-state index contributed by atoms with van der Waals surface area (Å²) in [5.41, 5.74) is 3.18. The molecule has 7 rings (SSSR count). The second-order valence-electron chi connectivity index (χ2n) is 11.9. The predicted octanol–water partition coefficient (Wildman–Crippen LogP) is 6.41. The number of fused-ring (bicyclic) bond motifs is 4. The van der Waals surface area contributed by atoms with Gasteiger partial charge in [0.2, 0.25) is 0 Å². The van der Waals surface area contributed by atoms with Crippen LogP contribution >= 0.6 is 22.9 Å². The van der Waals surface area contributed by atoms with Crippen LogP contribution in [0.1, 0.15) is 38.6 Å². The summed E-state index contributed by atoms with van der Waals surface area (Å²) in [6, 6.07) is 5.57. The Kier molecular flexibility index (Phi) is 6.18. The van der Waals surface area contributed by atoms with Gasteiger partial charge in [0, 0.05) is 74.4 Å². The number of aromatic nitrogens is 2. The topological polar surface area (TPSA) is 103 Å². The van der Waals surface area contributed by atoms with Crippen molar-refractivity contribution < 1.29 is 24.8 Å². The van der Waals surface area contributed by atoms with E-state index in [1.54, 1.807) is 0 Å². The van der Waals surface area contributed by atoms with Crippen LogP contribution in [-0.4, -0.2) is 66.7 Å². The lowest BCUT2D eigenvalue weighted by Gasteiger charge is -2.40. The summed E-state index contributed by atoms with van der Waals surface area (Å²) in [6.45, 7) is -3.53. The molecule has 4 aromatic rings. The molecule has 8 nitrogen and oxygen atoms in total. The average molecular weight is 659 g/mol. The Hall–Kier alpha value is -3.63. The van der Waals surface area contributed by atoms with E-state index in [0.29, 0.717) is 17.8 Å². The quantitative estimate of drug-likeness (QED) is 0.254. The van der Waals surface area contributed by atoms with Gasteiger partial charge in [-0.1, -0.05) is 18.5 Å². The van der Waals surface area contributed by atoms with Crippen LogP contribution in [0.2, 0.25) is 5.02 Å². The van der Waals surface area contributed by atoms with Crippen molar-refractivity contribution in [2.24, 2.45) is 5.41 Å². The van der Waals surface area contributed by atoms with E-state index < -0.39 is 43.1 Å². The molecule has 234 valence electrons. The van der Waals surface area contributed by atoms with E-state index in [4.69, 9.17) is 28.9 Å². The number of halogens is 4. The van der Waals surface area contributed by atoms with E-state index in [1.165, 1.54) is 19.1 Å². The summed E-state index contributed by atoms with van der Waals surface area (Å²) in [5, 5.41) is 13.6. The van der Waals surface area contributed by atoms with Crippen LogP contribution < -0.4 is 20.7 Å². The Bertz CT molecular complexity index is 2110. The van der Waals surface area contributed by atoms with Crippen molar-refractivity contribution in [2.75, 3.05) is 50.3 Å². The van der Waals surface area contributed by atoms with Crippen molar-refractivity contribution in [3.05, 3.63) is 52.3 Å². The molecule has 5 heterocycles. The molecule has 0 spiro atoms. The van der Waals surface area contributed by atoms with Crippen LogP contribution in [0, 0.1) is 28.4 Å². The zero-order valence-corrected chi connectivity index (χ0v) is 25.6. The second-order valence-corrected chi connectivity index (χ2v) is 13.4. The monoisotopic (exact) mass is 658 g/mol. The number of anilines is 2. The molecule has 3 saturated heterocycles. The molecule has 45 heavy (non-hydrogen) atoms. The van der Waals surface area contributed by atoms with Gasteiger partial charge in [-0.2, -0.15) is 15.2 Å². The van der Waals surface area contributed by atoms with Gasteiger partial charge in [-0.05, 0) is 50.0 Å². The van der Waals surface area contributed by atoms with Gasteiger partial charge in [-0.15, -0.1) is 11.3 Å². The number of likely N-dealkylation sites (tertiary alicyclic amines) is 1. The summed E-state index contributed by atoms with van der Waals surface area (Å²) >= 11 is 7.80. The number of rotatable bonds is 5. The highest BCUT2D eigenvalue weighted by Gasteiger charge is 2.37. The van der Waals surface area contributed by atoms with E-state index in [2.05, 4.69) is 15.3 Å². The third-order valence-electron chi connectivity index (χ3n) is 8.92. The molecular formula is C32H31ClF3N7OS. The fraction of sp³-hybridized carbons (Fsp3) is 0.406. The first-order valence-electron chi connectivity index (χ1n) is 16.9. The lowest BCUT2D eigenvalue weighted by atomic mass is 9.78. The van der Waals surface area contributed by atoms with E-state index in [-0.39, 0.29) is 85.8 Å². The standard InChI is InChI=1S/C32H31ClF3N7OS/c1-32(14-42(2)8-7-16(32)10-34)15-44-31-40-28-19(30(41-31)43-12-17-3-4-18(13-43)39-17)9-21(33)25(27(28)36)26-22(35)5-6-23-24(26)20(11-37)29(38)45-23/h5-6,9-10,17-18,39H,3-4,7-8,12-15,38H2,1-2H3/b16-10+/t17-,18+,32-/m0/s1/i2D3,15D2. The summed E-state index contributed by atoms with van der Waals surface area (Å²) in [6.07, 6.45) is 1.99. The third kappa shape index (κ3) is 5.06. The molecule has 3 aliphatic heterocycles. The van der Waals surface area contributed by atoms with Gasteiger partial charge in [-0.3, -0.25) is 0 Å². The Morgan fingerprint density at radius 1 is 1.31 bits per heavy atom. The van der Waals surface area contributed by atoms with Gasteiger partial charge in [0.05, 0.1) is 19.7 Å². The molecule has 0 aliphatic carbocycles. The number of nitrogens with two attached hydrogens (primary N) is 1. The van der Waals surface area contributed by atoms with E-state index >= 15 is 8.78 Å². The number of nitrogen functional groups attached to an aromatic ring is 1. The van der Waals surface area contributed by atoms with Crippen LogP contribution in [-0.2, 0) is 0 Å². The highest BCUT2D eigenvalue weighted by molar-refractivity contribution is 7.23. The molecule has 2 aromatic heterocycles. The maximum absolute atomic E-state index is 17.1. The molecular weight excluding hydrogens is 623 g/mol. The molecule has 0 amide bonds. The number of nitriles is 1. The van der Waals surface area contributed by atoms with Crippen molar-refractivity contribution >= 4 is 54.7 Å². The van der Waals surface area contributed by atoms with Crippen LogP contribution in [0.4, 0.5) is 24.0 Å². The van der Waals surface area contributed by atoms with Crippen molar-refractivity contribution in [2.45, 2.75) is 38.3 Å². The van der Waals surface area contributed by atoms with E-state index in [0.717, 1.165) is 35.1 Å². The van der Waals surface area contributed by atoms with Crippen molar-refractivity contribution in [1.29, 1.82) is 5.26 Å². The largest absolute Gasteiger partial charge is 0.462 e. The summed E-state index contributed by atoms with van der Waals surface area (Å²) in [4.78, 5) is 11.8. The van der Waals surface area contributed by atoms with Crippen LogP contribution in [0.15, 0.2) is 30.1 Å². The number of thiophene rings is 1. The van der Waals surface area contributed by atoms with Gasteiger partial charge in [0.1, 0.15) is 34.8 Å². The molecule has 2 bridgehead atoms. The first-order valence-corrected chi connectivity index (χ1v) is 15.6. The average Bonchev–Trinajstić information content (AvgIpc) is 3.57. The van der Waals surface area contributed by atoms with Gasteiger partial charge < -0.3 is 25.6 Å². The molecule has 2 aromatic carbocycles. The number of piperidine rings is 1. The first kappa shape index (κ1) is 24.6. The normalized spacial score (nSPS) is 26.8. The van der Waals surface area contributed by atoms with Crippen LogP contribution in [0.25, 0.3) is 32.1 Å². The number of ether oxygens (including phenoxy) is 1. The minimum atomic E-state index is -2.80. The Balaban J connectivity index is 1.42. The number of nitrogens with one attached hydrogen (secondary N) is 1. The molecule has 3 fully saturated rings. The lowest BCUT2D eigenvalue weighted by Crippen LogP contribution is -2.51. The zero-order valence-electron chi connectivity index (χ0n) is 29.1. The summed E-state index contributed by atoms with van der Waals surface area (Å²) in [5.74, 6) is -1.73. The van der Waals surface area contributed by atoms with Gasteiger partial charge in [0.25, 0.3) is 0 Å². The minimum absolute atomic E-state index is 0.00477. The van der Waals surface area contributed by atoms with E-state index in [9.17, 15) is 9.65 Å². The molecule has 3 aliphatic rings. The summed E-state index contributed by atoms with van der Waals surface area (Å²) < 4.78 is 95.0. The van der Waals surface area contributed by atoms with Crippen molar-refractivity contribution in [3.8, 4) is 23.2 Å². The number of hydrogen-bond donors (Lipinski definition) is 2. The van der Waals surface area contributed by atoms with Crippen LogP contribution in [0.5, 0.6) is 6.01 Å². The Labute approximate surface area is 274 Å². The second kappa shape index (κ2) is 11.3. The molecule has 13 heteroatoms. The van der Waals surface area contributed by atoms with Gasteiger partial charge in [-0.25, -0.2) is 13.2 Å². The Morgan fingerprint density at radius 3 is 2.80 bits per heavy atom. The maximum atomic E-state index is 17.1.